The van der Waals surface area contributed by atoms with Gasteiger partial charge in [-0.25, -0.2) is 0 Å². The van der Waals surface area contributed by atoms with Crippen LogP contribution in [0.1, 0.15) is 18.1 Å². The van der Waals surface area contributed by atoms with E-state index in [9.17, 15) is 9.59 Å². The lowest BCUT2D eigenvalue weighted by Crippen LogP contribution is -2.36. The Morgan fingerprint density at radius 2 is 1.55 bits per heavy atom. The number of hydrogen-bond donors (Lipinski definition) is 1. The van der Waals surface area contributed by atoms with Crippen LogP contribution >= 0.6 is 0 Å². The fourth-order valence-corrected chi connectivity index (χ4v) is 3.89. The maximum Gasteiger partial charge on any atom is 0.220 e. The second-order valence-electron chi connectivity index (χ2n) is 6.83. The topological polar surface area (TPSA) is 83.1 Å². The fraction of sp³-hybridized carbons (Fsp3) is 0.364. The second kappa shape index (κ2) is 8.43. The molecule has 0 aromatic heterocycles. The van der Waals surface area contributed by atoms with Gasteiger partial charge in [0.15, 0.2) is 17.2 Å². The van der Waals surface area contributed by atoms with Gasteiger partial charge in [-0.1, -0.05) is 6.07 Å². The van der Waals surface area contributed by atoms with Gasteiger partial charge in [0, 0.05) is 18.5 Å². The summed E-state index contributed by atoms with van der Waals surface area (Å²) in [5.74, 6) is 1.64. The molecule has 0 unspecified atom stereocenters. The molecule has 0 aliphatic heterocycles. The van der Waals surface area contributed by atoms with Gasteiger partial charge in [0.1, 0.15) is 0 Å². The number of ether oxygens (including phenoxy) is 4. The Hall–Kier alpha value is -3.22. The van der Waals surface area contributed by atoms with Gasteiger partial charge < -0.3 is 24.3 Å². The first kappa shape index (κ1) is 20.5. The number of fused-ring (bicyclic) bond motifs is 3. The summed E-state index contributed by atoms with van der Waals surface area (Å²) in [6, 6.07) is 6.76. The Morgan fingerprint density at radius 1 is 0.897 bits per heavy atom. The number of benzene rings is 1. The van der Waals surface area contributed by atoms with Gasteiger partial charge in [-0.3, -0.25) is 9.59 Å². The molecule has 29 heavy (non-hydrogen) atoms. The van der Waals surface area contributed by atoms with Gasteiger partial charge in [-0.15, -0.1) is 0 Å². The second-order valence-corrected chi connectivity index (χ2v) is 6.83. The average molecular weight is 399 g/mol. The summed E-state index contributed by atoms with van der Waals surface area (Å²) >= 11 is 0. The summed E-state index contributed by atoms with van der Waals surface area (Å²) in [6.07, 6.45) is 1.04. The number of amides is 1. The molecular weight excluding hydrogens is 374 g/mol. The standard InChI is InChI=1S/C22H25NO6/c1-12(24)23-15-8-13-10-17(25)18(26-2)7-6-16(13)20-14(9-15)11-19(27-3)21(28-4)22(20)29-5/h6-7,10-11,15H,8-9H2,1-5H3,(H,23,24)/t15-/m0/s1. The maximum atomic E-state index is 12.6. The first-order valence-corrected chi connectivity index (χ1v) is 9.24. The first-order valence-electron chi connectivity index (χ1n) is 9.24. The molecule has 7 nitrogen and oxygen atoms in total. The van der Waals surface area contributed by atoms with E-state index in [0.29, 0.717) is 30.1 Å². The largest absolute Gasteiger partial charge is 0.493 e. The smallest absolute Gasteiger partial charge is 0.220 e. The van der Waals surface area contributed by atoms with E-state index in [4.69, 9.17) is 18.9 Å². The molecule has 0 radical (unpaired) electrons. The van der Waals surface area contributed by atoms with Gasteiger partial charge in [-0.2, -0.15) is 0 Å². The van der Waals surface area contributed by atoms with Gasteiger partial charge in [0.2, 0.25) is 17.1 Å². The van der Waals surface area contributed by atoms with Crippen molar-refractivity contribution in [2.75, 3.05) is 28.4 Å². The van der Waals surface area contributed by atoms with Crippen LogP contribution in [-0.2, 0) is 17.6 Å². The van der Waals surface area contributed by atoms with Crippen molar-refractivity contribution in [3.05, 3.63) is 45.6 Å². The van der Waals surface area contributed by atoms with E-state index in [-0.39, 0.29) is 23.1 Å². The predicted molar refractivity (Wildman–Crippen MR) is 109 cm³/mol. The number of rotatable bonds is 5. The SMILES string of the molecule is COc1cc2c(c(OC)c1OC)-c1ccc(OC)c(=O)cc1C[C@H](NC(C)=O)C2. The molecular formula is C22H25NO6. The molecule has 1 N–H and O–H groups in total. The molecule has 0 fully saturated rings. The molecule has 154 valence electrons. The van der Waals surface area contributed by atoms with Gasteiger partial charge in [-0.05, 0) is 47.7 Å². The summed E-state index contributed by atoms with van der Waals surface area (Å²) in [4.78, 5) is 24.3. The minimum atomic E-state index is -0.224. The highest BCUT2D eigenvalue weighted by molar-refractivity contribution is 5.83. The molecule has 0 saturated heterocycles. The number of hydrogen-bond acceptors (Lipinski definition) is 6. The number of carbonyl (C=O) groups excluding carboxylic acids is 1. The summed E-state index contributed by atoms with van der Waals surface area (Å²) in [5, 5.41) is 2.98. The minimum Gasteiger partial charge on any atom is -0.493 e. The number of methoxy groups -OCH3 is 4. The molecule has 0 bridgehead atoms. The van der Waals surface area contributed by atoms with Crippen molar-refractivity contribution < 1.29 is 23.7 Å². The summed E-state index contributed by atoms with van der Waals surface area (Å²) < 4.78 is 22.0. The van der Waals surface area contributed by atoms with Crippen molar-refractivity contribution >= 4 is 5.91 Å². The van der Waals surface area contributed by atoms with E-state index >= 15 is 0 Å². The van der Waals surface area contributed by atoms with Crippen LogP contribution < -0.4 is 29.7 Å². The van der Waals surface area contributed by atoms with Crippen LogP contribution in [0.2, 0.25) is 0 Å². The quantitative estimate of drug-likeness (QED) is 0.831. The third kappa shape index (κ3) is 3.85. The average Bonchev–Trinajstić information content (AvgIpc) is 2.92. The molecule has 3 rings (SSSR count). The minimum absolute atomic E-state index is 0.132. The molecule has 2 aromatic carbocycles. The van der Waals surface area contributed by atoms with Crippen LogP contribution in [0, 0.1) is 0 Å². The van der Waals surface area contributed by atoms with E-state index in [2.05, 4.69) is 5.32 Å². The molecule has 1 atom stereocenters. The highest BCUT2D eigenvalue weighted by atomic mass is 16.5. The van der Waals surface area contributed by atoms with Crippen molar-refractivity contribution in [2.45, 2.75) is 25.8 Å². The Balaban J connectivity index is 2.39. The Labute approximate surface area is 169 Å². The molecule has 1 amide bonds. The fourth-order valence-electron chi connectivity index (χ4n) is 3.89. The maximum absolute atomic E-state index is 12.6. The lowest BCUT2D eigenvalue weighted by Gasteiger charge is -2.20. The normalized spacial score (nSPS) is 14.7. The number of nitrogens with one attached hydrogen (secondary N) is 1. The third-order valence-corrected chi connectivity index (χ3v) is 5.04. The van der Waals surface area contributed by atoms with Gasteiger partial charge >= 0.3 is 0 Å². The molecule has 0 spiro atoms. The highest BCUT2D eigenvalue weighted by Gasteiger charge is 2.28. The van der Waals surface area contributed by atoms with Crippen molar-refractivity contribution in [3.63, 3.8) is 0 Å². The van der Waals surface area contributed by atoms with E-state index in [1.807, 2.05) is 12.1 Å². The highest BCUT2D eigenvalue weighted by Crippen LogP contribution is 2.48. The van der Waals surface area contributed by atoms with Crippen LogP contribution in [0.3, 0.4) is 0 Å². The van der Waals surface area contributed by atoms with Gasteiger partial charge in [0.05, 0.1) is 28.4 Å². The van der Waals surface area contributed by atoms with Crippen molar-refractivity contribution in [2.24, 2.45) is 0 Å². The van der Waals surface area contributed by atoms with E-state index in [1.165, 1.54) is 14.0 Å². The van der Waals surface area contributed by atoms with Crippen LogP contribution in [-0.4, -0.2) is 40.4 Å². The Bertz CT molecular complexity index is 1000. The van der Waals surface area contributed by atoms with Crippen molar-refractivity contribution in [1.29, 1.82) is 0 Å². The van der Waals surface area contributed by atoms with Crippen LogP contribution in [0.15, 0.2) is 29.1 Å². The lowest BCUT2D eigenvalue weighted by atomic mass is 9.96. The van der Waals surface area contributed by atoms with Crippen LogP contribution in [0.4, 0.5) is 0 Å². The Morgan fingerprint density at radius 3 is 2.14 bits per heavy atom. The Kier molecular flexibility index (Phi) is 5.96. The van der Waals surface area contributed by atoms with Gasteiger partial charge in [0.25, 0.3) is 0 Å². The molecule has 1 aliphatic carbocycles. The summed E-state index contributed by atoms with van der Waals surface area (Å²) in [5.41, 5.74) is 3.13. The zero-order valence-electron chi connectivity index (χ0n) is 17.3. The first-order chi connectivity index (χ1) is 13.9. The van der Waals surface area contributed by atoms with Crippen LogP contribution in [0.5, 0.6) is 23.0 Å². The predicted octanol–water partition coefficient (Wildman–Crippen LogP) is 2.35. The molecule has 7 heteroatoms. The molecule has 0 saturated carbocycles. The van der Waals surface area contributed by atoms with Crippen molar-refractivity contribution in [1.82, 2.24) is 5.32 Å². The van der Waals surface area contributed by atoms with Crippen LogP contribution in [0.25, 0.3) is 11.1 Å². The zero-order valence-corrected chi connectivity index (χ0v) is 17.3. The van der Waals surface area contributed by atoms with E-state index in [0.717, 1.165) is 22.3 Å². The van der Waals surface area contributed by atoms with E-state index < -0.39 is 0 Å². The number of carbonyl (C=O) groups is 1. The lowest BCUT2D eigenvalue weighted by molar-refractivity contribution is -0.119. The third-order valence-electron chi connectivity index (χ3n) is 5.04. The zero-order chi connectivity index (χ0) is 21.1. The summed E-state index contributed by atoms with van der Waals surface area (Å²) in [6.45, 7) is 1.48. The van der Waals surface area contributed by atoms with Crippen molar-refractivity contribution in [3.8, 4) is 34.1 Å². The molecule has 1 aliphatic rings. The molecule has 2 aromatic rings. The summed E-state index contributed by atoms with van der Waals surface area (Å²) in [7, 11) is 6.14. The monoisotopic (exact) mass is 399 g/mol. The molecule has 0 heterocycles. The van der Waals surface area contributed by atoms with E-state index in [1.54, 1.807) is 33.5 Å².